The first kappa shape index (κ1) is 11.9. The van der Waals surface area contributed by atoms with Crippen molar-refractivity contribution >= 4 is 23.5 Å². The molecule has 1 atom stereocenters. The van der Waals surface area contributed by atoms with Gasteiger partial charge in [-0.15, -0.1) is 0 Å². The Morgan fingerprint density at radius 3 is 2.82 bits per heavy atom. The van der Waals surface area contributed by atoms with Crippen LogP contribution < -0.4 is 4.74 Å². The van der Waals surface area contributed by atoms with Crippen LogP contribution in [0.5, 0.6) is 5.75 Å². The van der Waals surface area contributed by atoms with Crippen molar-refractivity contribution in [2.24, 2.45) is 5.92 Å². The maximum atomic E-state index is 11.4. The fraction of sp³-hybridized carbons (Fsp3) is 0.333. The van der Waals surface area contributed by atoms with Crippen LogP contribution in [-0.4, -0.2) is 19.0 Å². The lowest BCUT2D eigenvalue weighted by Gasteiger charge is -2.10. The first-order valence-corrected chi connectivity index (χ1v) is 5.55. The van der Waals surface area contributed by atoms with Gasteiger partial charge in [-0.05, 0) is 30.2 Å². The van der Waals surface area contributed by atoms with Gasteiger partial charge in [-0.3, -0.25) is 9.59 Å². The van der Waals surface area contributed by atoms with E-state index in [0.29, 0.717) is 17.2 Å². The second-order valence-electron chi connectivity index (χ2n) is 3.85. The van der Waals surface area contributed by atoms with Crippen LogP contribution in [-0.2, 0) is 20.7 Å². The van der Waals surface area contributed by atoms with Gasteiger partial charge in [0, 0.05) is 5.02 Å². The third-order valence-corrected chi connectivity index (χ3v) is 2.90. The normalized spacial score (nSPS) is 19.3. The van der Waals surface area contributed by atoms with E-state index in [0.717, 1.165) is 5.56 Å². The zero-order valence-corrected chi connectivity index (χ0v) is 9.99. The zero-order valence-electron chi connectivity index (χ0n) is 9.23. The number of hydrogen-bond donors (Lipinski definition) is 0. The molecule has 1 aromatic rings. The Morgan fingerprint density at radius 1 is 1.47 bits per heavy atom. The summed E-state index contributed by atoms with van der Waals surface area (Å²) in [7, 11) is 1.55. The van der Waals surface area contributed by atoms with Crippen molar-refractivity contribution < 1.29 is 19.1 Å². The molecule has 0 aliphatic carbocycles. The second kappa shape index (κ2) is 4.75. The van der Waals surface area contributed by atoms with Crippen molar-refractivity contribution in [2.45, 2.75) is 12.8 Å². The molecule has 0 bridgehead atoms. The molecule has 1 saturated heterocycles. The maximum Gasteiger partial charge on any atom is 0.317 e. The highest BCUT2D eigenvalue weighted by molar-refractivity contribution is 6.30. The average Bonchev–Trinajstić information content (AvgIpc) is 2.58. The monoisotopic (exact) mass is 254 g/mol. The summed E-state index contributed by atoms with van der Waals surface area (Å²) in [5.41, 5.74) is 0.802. The molecule has 0 radical (unpaired) electrons. The number of halogens is 1. The predicted molar refractivity (Wildman–Crippen MR) is 60.9 cm³/mol. The Kier molecular flexibility index (Phi) is 3.33. The molecule has 1 aliphatic rings. The molecular weight excluding hydrogens is 244 g/mol. The number of rotatable bonds is 3. The quantitative estimate of drug-likeness (QED) is 0.611. The molecule has 2 rings (SSSR count). The molecule has 0 amide bonds. The number of ether oxygens (including phenoxy) is 2. The third kappa shape index (κ3) is 2.58. The Bertz CT molecular complexity index is 470. The lowest BCUT2D eigenvalue weighted by Crippen LogP contribution is -2.11. The Balaban J connectivity index is 2.20. The topological polar surface area (TPSA) is 52.6 Å². The largest absolute Gasteiger partial charge is 0.496 e. The molecule has 0 saturated carbocycles. The molecular formula is C12H11ClO4. The number of methoxy groups -OCH3 is 1. The molecule has 0 spiro atoms. The van der Waals surface area contributed by atoms with E-state index in [2.05, 4.69) is 4.74 Å². The van der Waals surface area contributed by atoms with E-state index in [-0.39, 0.29) is 6.42 Å². The number of cyclic esters (lactones) is 2. The molecule has 4 nitrogen and oxygen atoms in total. The van der Waals surface area contributed by atoms with Crippen LogP contribution in [0.2, 0.25) is 5.02 Å². The van der Waals surface area contributed by atoms with Crippen molar-refractivity contribution in [3.63, 3.8) is 0 Å². The SMILES string of the molecule is COc1ccc(Cl)cc1CC1CC(=O)OC1=O. The molecule has 90 valence electrons. The summed E-state index contributed by atoms with van der Waals surface area (Å²) in [4.78, 5) is 22.3. The van der Waals surface area contributed by atoms with E-state index in [4.69, 9.17) is 16.3 Å². The minimum atomic E-state index is -0.475. The van der Waals surface area contributed by atoms with E-state index in [1.54, 1.807) is 25.3 Å². The van der Waals surface area contributed by atoms with Gasteiger partial charge in [-0.25, -0.2) is 0 Å². The molecule has 0 N–H and O–H groups in total. The van der Waals surface area contributed by atoms with Crippen LogP contribution in [0.25, 0.3) is 0 Å². The molecule has 1 aromatic carbocycles. The van der Waals surface area contributed by atoms with Crippen LogP contribution in [0, 0.1) is 5.92 Å². The molecule has 17 heavy (non-hydrogen) atoms. The maximum absolute atomic E-state index is 11.4. The van der Waals surface area contributed by atoms with Crippen molar-refractivity contribution in [1.82, 2.24) is 0 Å². The Hall–Kier alpha value is -1.55. The van der Waals surface area contributed by atoms with E-state index < -0.39 is 17.9 Å². The first-order chi connectivity index (χ1) is 8.10. The smallest absolute Gasteiger partial charge is 0.317 e. The summed E-state index contributed by atoms with van der Waals surface area (Å²) in [6.45, 7) is 0. The summed E-state index contributed by atoms with van der Waals surface area (Å²) < 4.78 is 9.68. The van der Waals surface area contributed by atoms with Gasteiger partial charge in [0.05, 0.1) is 19.4 Å². The van der Waals surface area contributed by atoms with Gasteiger partial charge in [0.2, 0.25) is 0 Å². The molecule has 1 fully saturated rings. The lowest BCUT2D eigenvalue weighted by atomic mass is 9.97. The standard InChI is InChI=1S/C12H11ClO4/c1-16-10-3-2-9(13)5-7(10)4-8-6-11(14)17-12(8)15/h2-3,5,8H,4,6H2,1H3. The van der Waals surface area contributed by atoms with Crippen molar-refractivity contribution in [2.75, 3.05) is 7.11 Å². The zero-order chi connectivity index (χ0) is 12.4. The first-order valence-electron chi connectivity index (χ1n) is 5.17. The van der Waals surface area contributed by atoms with Gasteiger partial charge < -0.3 is 9.47 Å². The van der Waals surface area contributed by atoms with Crippen LogP contribution in [0.3, 0.4) is 0 Å². The van der Waals surface area contributed by atoms with Crippen LogP contribution in [0.15, 0.2) is 18.2 Å². The van der Waals surface area contributed by atoms with Crippen LogP contribution in [0.1, 0.15) is 12.0 Å². The Labute approximate surface area is 103 Å². The predicted octanol–water partition coefficient (Wildman–Crippen LogP) is 1.98. The Morgan fingerprint density at radius 2 is 2.24 bits per heavy atom. The van der Waals surface area contributed by atoms with Gasteiger partial charge in [0.1, 0.15) is 5.75 Å². The summed E-state index contributed by atoms with van der Waals surface area (Å²) in [6.07, 6.45) is 0.517. The van der Waals surface area contributed by atoms with E-state index in [1.807, 2.05) is 0 Å². The van der Waals surface area contributed by atoms with Gasteiger partial charge in [-0.2, -0.15) is 0 Å². The molecule has 1 aliphatic heterocycles. The van der Waals surface area contributed by atoms with Gasteiger partial charge in [-0.1, -0.05) is 11.6 Å². The van der Waals surface area contributed by atoms with Gasteiger partial charge in [0.25, 0.3) is 0 Å². The fourth-order valence-electron chi connectivity index (χ4n) is 1.85. The summed E-state index contributed by atoms with van der Waals surface area (Å²) in [6, 6.07) is 5.18. The third-order valence-electron chi connectivity index (χ3n) is 2.67. The lowest BCUT2D eigenvalue weighted by molar-refractivity contribution is -0.153. The number of benzene rings is 1. The second-order valence-corrected chi connectivity index (χ2v) is 4.29. The van der Waals surface area contributed by atoms with E-state index in [1.165, 1.54) is 0 Å². The van der Waals surface area contributed by atoms with Gasteiger partial charge in [0.15, 0.2) is 0 Å². The molecule has 0 aromatic heterocycles. The summed E-state index contributed by atoms with van der Waals surface area (Å²) in [5.74, 6) is -0.727. The average molecular weight is 255 g/mol. The minimum Gasteiger partial charge on any atom is -0.496 e. The molecule has 1 heterocycles. The van der Waals surface area contributed by atoms with Crippen LogP contribution >= 0.6 is 11.6 Å². The minimum absolute atomic E-state index is 0.120. The van der Waals surface area contributed by atoms with Gasteiger partial charge >= 0.3 is 11.9 Å². The van der Waals surface area contributed by atoms with Crippen molar-refractivity contribution in [3.05, 3.63) is 28.8 Å². The van der Waals surface area contributed by atoms with E-state index >= 15 is 0 Å². The van der Waals surface area contributed by atoms with Crippen LogP contribution in [0.4, 0.5) is 0 Å². The van der Waals surface area contributed by atoms with E-state index in [9.17, 15) is 9.59 Å². The highest BCUT2D eigenvalue weighted by Crippen LogP contribution is 2.28. The number of carbonyl (C=O) groups is 2. The number of carbonyl (C=O) groups excluding carboxylic acids is 2. The highest BCUT2D eigenvalue weighted by atomic mass is 35.5. The summed E-state index contributed by atoms with van der Waals surface area (Å²) >= 11 is 5.89. The number of hydrogen-bond acceptors (Lipinski definition) is 4. The fourth-order valence-corrected chi connectivity index (χ4v) is 2.04. The van der Waals surface area contributed by atoms with Crippen molar-refractivity contribution in [3.8, 4) is 5.75 Å². The summed E-state index contributed by atoms with van der Waals surface area (Å²) in [5, 5.41) is 0.568. The molecule has 5 heteroatoms. The highest BCUT2D eigenvalue weighted by Gasteiger charge is 2.33. The number of esters is 2. The van der Waals surface area contributed by atoms with Crippen molar-refractivity contribution in [1.29, 1.82) is 0 Å². The molecule has 1 unspecified atom stereocenters.